The fourth-order valence-corrected chi connectivity index (χ4v) is 6.57. The van der Waals surface area contributed by atoms with Gasteiger partial charge >= 0.3 is 0 Å². The van der Waals surface area contributed by atoms with Crippen LogP contribution in [0.15, 0.2) is 30.3 Å². The van der Waals surface area contributed by atoms with Gasteiger partial charge in [-0.2, -0.15) is 0 Å². The van der Waals surface area contributed by atoms with E-state index in [1.165, 1.54) is 4.90 Å². The van der Waals surface area contributed by atoms with E-state index in [2.05, 4.69) is 67.7 Å². The molecule has 0 N–H and O–H groups in total. The summed E-state index contributed by atoms with van der Waals surface area (Å²) < 4.78 is 25.0. The Bertz CT molecular complexity index is 1110. The Morgan fingerprint density at radius 2 is 1.49 bits per heavy atom. The molecule has 1 aromatic carbocycles. The molecular weight excluding hydrogens is 579 g/mol. The molecule has 43 heavy (non-hydrogen) atoms. The molecule has 1 heterocycles. The van der Waals surface area contributed by atoms with Crippen molar-refractivity contribution in [1.29, 1.82) is 0 Å². The first-order valence-electron chi connectivity index (χ1n) is 15.5. The van der Waals surface area contributed by atoms with Crippen molar-refractivity contribution in [3.05, 3.63) is 35.9 Å². The average molecular weight is 636 g/mol. The molecule has 1 aliphatic heterocycles. The van der Waals surface area contributed by atoms with Gasteiger partial charge < -0.3 is 18.3 Å². The standard InChI is InChI=1S/C33H57NO7Si2/c1-14-28(35)34-27(22-41-43(12,13)32(6,7)8)33(9,30(34)37)29(36)24(2)26(21-40-42(10,11)31(3,4)5)39-23-38-20-25-18-16-15-17-19-25/h15-19,24,26-27H,14,20-23H2,1-13H3/t24-,26-,27-,33+/m1/s1. The number of carbonyl (C=O) groups is 3. The molecule has 10 heteroatoms. The molecule has 0 bridgehead atoms. The third-order valence-electron chi connectivity index (χ3n) is 10.00. The summed E-state index contributed by atoms with van der Waals surface area (Å²) in [7, 11) is -4.38. The summed E-state index contributed by atoms with van der Waals surface area (Å²) in [4.78, 5) is 42.0. The van der Waals surface area contributed by atoms with Crippen LogP contribution in [-0.4, -0.2) is 71.3 Å². The minimum atomic E-state index is -2.21. The second-order valence-electron chi connectivity index (χ2n) is 15.1. The Labute approximate surface area is 262 Å². The molecule has 1 aromatic rings. The zero-order chi connectivity index (χ0) is 33.0. The van der Waals surface area contributed by atoms with Gasteiger partial charge in [0.15, 0.2) is 22.4 Å². The summed E-state index contributed by atoms with van der Waals surface area (Å²) in [6.45, 7) is 27.3. The number of Topliss-reactive ketones (excluding diaryl/α,β-unsaturated/α-hetero) is 1. The van der Waals surface area contributed by atoms with Crippen LogP contribution in [0, 0.1) is 11.3 Å². The predicted molar refractivity (Wildman–Crippen MR) is 175 cm³/mol. The lowest BCUT2D eigenvalue weighted by atomic mass is 9.65. The fraction of sp³-hybridized carbons (Fsp3) is 0.727. The molecule has 1 aliphatic rings. The largest absolute Gasteiger partial charge is 0.415 e. The summed E-state index contributed by atoms with van der Waals surface area (Å²) in [5.41, 5.74) is -0.391. The van der Waals surface area contributed by atoms with Crippen LogP contribution in [0.1, 0.15) is 74.3 Å². The molecule has 0 aliphatic carbocycles. The molecule has 0 spiro atoms. The number of ketones is 1. The van der Waals surface area contributed by atoms with Crippen LogP contribution in [0.25, 0.3) is 0 Å². The summed E-state index contributed by atoms with van der Waals surface area (Å²) in [5, 5.41) is -0.0917. The molecule has 0 aromatic heterocycles. The van der Waals surface area contributed by atoms with Crippen LogP contribution >= 0.6 is 0 Å². The first-order chi connectivity index (χ1) is 19.6. The topological polar surface area (TPSA) is 91.4 Å². The lowest BCUT2D eigenvalue weighted by Gasteiger charge is -2.54. The third-order valence-corrected chi connectivity index (χ3v) is 19.0. The second kappa shape index (κ2) is 14.2. The van der Waals surface area contributed by atoms with E-state index in [1.54, 1.807) is 20.8 Å². The van der Waals surface area contributed by atoms with E-state index in [4.69, 9.17) is 18.3 Å². The number of likely N-dealkylation sites (tertiary alicyclic amines) is 1. The molecule has 1 saturated heterocycles. The molecule has 1 fully saturated rings. The molecule has 2 rings (SSSR count). The first kappa shape index (κ1) is 37.5. The van der Waals surface area contributed by atoms with Crippen molar-refractivity contribution in [3.63, 3.8) is 0 Å². The Balaban J connectivity index is 2.31. The van der Waals surface area contributed by atoms with Gasteiger partial charge in [-0.1, -0.05) is 85.7 Å². The van der Waals surface area contributed by atoms with Crippen LogP contribution in [0.5, 0.6) is 0 Å². The zero-order valence-electron chi connectivity index (χ0n) is 29.0. The van der Waals surface area contributed by atoms with Crippen molar-refractivity contribution in [2.45, 2.75) is 124 Å². The molecular formula is C33H57NO7Si2. The van der Waals surface area contributed by atoms with Crippen LogP contribution in [-0.2, 0) is 39.3 Å². The molecule has 244 valence electrons. The maximum atomic E-state index is 14.3. The number of rotatable bonds is 15. The number of hydrogen-bond acceptors (Lipinski definition) is 7. The SMILES string of the molecule is CCC(=O)N1C(=O)[C@](C)(C(=O)[C@H](C)[C@@H](CO[Si](C)(C)C(C)(C)C)OCOCc2ccccc2)[C@H]1CO[Si](C)(C)C(C)(C)C. The normalized spacial score (nSPS) is 21.4. The Morgan fingerprint density at radius 3 is 2.00 bits per heavy atom. The van der Waals surface area contributed by atoms with Gasteiger partial charge in [0.1, 0.15) is 12.2 Å². The van der Waals surface area contributed by atoms with Gasteiger partial charge in [-0.3, -0.25) is 19.3 Å². The quantitative estimate of drug-likeness (QED) is 0.0677. The minimum Gasteiger partial charge on any atom is -0.415 e. The molecule has 2 amide bonds. The van der Waals surface area contributed by atoms with Crippen LogP contribution in [0.4, 0.5) is 0 Å². The van der Waals surface area contributed by atoms with Gasteiger partial charge in [0.25, 0.3) is 0 Å². The minimum absolute atomic E-state index is 0.0267. The number of imide groups is 1. The lowest BCUT2D eigenvalue weighted by molar-refractivity contribution is -0.187. The van der Waals surface area contributed by atoms with Crippen molar-refractivity contribution >= 4 is 34.2 Å². The van der Waals surface area contributed by atoms with Gasteiger partial charge in [0, 0.05) is 12.3 Å². The van der Waals surface area contributed by atoms with E-state index in [0.29, 0.717) is 6.61 Å². The van der Waals surface area contributed by atoms with Crippen molar-refractivity contribution in [2.75, 3.05) is 20.0 Å². The lowest BCUT2D eigenvalue weighted by Crippen LogP contribution is -2.75. The van der Waals surface area contributed by atoms with Crippen LogP contribution < -0.4 is 0 Å². The number of benzene rings is 1. The van der Waals surface area contributed by atoms with E-state index in [1.807, 2.05) is 30.3 Å². The van der Waals surface area contributed by atoms with E-state index in [0.717, 1.165) is 5.56 Å². The van der Waals surface area contributed by atoms with Crippen molar-refractivity contribution in [2.24, 2.45) is 11.3 Å². The highest BCUT2D eigenvalue weighted by Crippen LogP contribution is 2.45. The highest BCUT2D eigenvalue weighted by molar-refractivity contribution is 6.74. The van der Waals surface area contributed by atoms with Crippen molar-refractivity contribution < 1.29 is 32.7 Å². The van der Waals surface area contributed by atoms with Crippen molar-refractivity contribution in [1.82, 2.24) is 4.90 Å². The molecule has 4 atom stereocenters. The Kier molecular flexibility index (Phi) is 12.3. The fourth-order valence-electron chi connectivity index (χ4n) is 4.55. The molecule has 0 radical (unpaired) electrons. The van der Waals surface area contributed by atoms with Gasteiger partial charge in [-0.15, -0.1) is 0 Å². The monoisotopic (exact) mass is 635 g/mol. The highest BCUT2D eigenvalue weighted by atomic mass is 28.4. The number of carbonyl (C=O) groups excluding carboxylic acids is 3. The third kappa shape index (κ3) is 8.52. The smallest absolute Gasteiger partial charge is 0.245 e. The van der Waals surface area contributed by atoms with Crippen LogP contribution in [0.3, 0.4) is 0 Å². The Hall–Kier alpha value is -1.70. The summed E-state index contributed by atoms with van der Waals surface area (Å²) in [6.07, 6.45) is -0.465. The molecule has 0 unspecified atom stereocenters. The number of ether oxygens (including phenoxy) is 2. The maximum Gasteiger partial charge on any atom is 0.245 e. The number of hydrogen-bond donors (Lipinski definition) is 0. The Morgan fingerprint density at radius 1 is 0.953 bits per heavy atom. The molecule has 0 saturated carbocycles. The number of β-lactam (4-membered cyclic amide) rings is 1. The van der Waals surface area contributed by atoms with Gasteiger partial charge in [-0.25, -0.2) is 0 Å². The summed E-state index contributed by atoms with van der Waals surface area (Å²) >= 11 is 0. The summed E-state index contributed by atoms with van der Waals surface area (Å²) in [5.74, 6) is -1.72. The maximum absolute atomic E-state index is 14.3. The van der Waals surface area contributed by atoms with Crippen LogP contribution in [0.2, 0.25) is 36.3 Å². The molecule has 8 nitrogen and oxygen atoms in total. The van der Waals surface area contributed by atoms with Gasteiger partial charge in [-0.05, 0) is 48.8 Å². The average Bonchev–Trinajstić information content (AvgIpc) is 2.92. The zero-order valence-corrected chi connectivity index (χ0v) is 31.0. The van der Waals surface area contributed by atoms with E-state index < -0.39 is 46.0 Å². The van der Waals surface area contributed by atoms with E-state index in [9.17, 15) is 14.4 Å². The van der Waals surface area contributed by atoms with Crippen molar-refractivity contribution in [3.8, 4) is 0 Å². The number of amides is 2. The summed E-state index contributed by atoms with van der Waals surface area (Å²) in [6, 6.07) is 9.12. The second-order valence-corrected chi connectivity index (χ2v) is 24.7. The van der Waals surface area contributed by atoms with Gasteiger partial charge in [0.2, 0.25) is 11.8 Å². The first-order valence-corrected chi connectivity index (χ1v) is 21.4. The van der Waals surface area contributed by atoms with E-state index in [-0.39, 0.29) is 48.2 Å². The van der Waals surface area contributed by atoms with Gasteiger partial charge in [0.05, 0.1) is 32.0 Å². The predicted octanol–water partition coefficient (Wildman–Crippen LogP) is 6.95. The number of nitrogens with zero attached hydrogens (tertiary/aromatic N) is 1. The highest BCUT2D eigenvalue weighted by Gasteiger charge is 2.65. The van der Waals surface area contributed by atoms with E-state index >= 15 is 0 Å².